The smallest absolute Gasteiger partial charge is 0.341 e. The number of aryl methyl sites for hydroxylation is 2. The highest BCUT2D eigenvalue weighted by atomic mass is 16.5. The second kappa shape index (κ2) is 6.90. The molecule has 25 heavy (non-hydrogen) atoms. The minimum Gasteiger partial charge on any atom is -0.465 e. The van der Waals surface area contributed by atoms with Gasteiger partial charge in [0.1, 0.15) is 11.3 Å². The molecule has 0 amide bonds. The van der Waals surface area contributed by atoms with Crippen LogP contribution in [0.15, 0.2) is 41.5 Å². The molecule has 7 heteroatoms. The van der Waals surface area contributed by atoms with E-state index in [2.05, 4.69) is 5.10 Å². The third kappa shape index (κ3) is 3.18. The summed E-state index contributed by atoms with van der Waals surface area (Å²) in [5, 5.41) is 13.4. The Morgan fingerprint density at radius 3 is 2.80 bits per heavy atom. The lowest BCUT2D eigenvalue weighted by Crippen LogP contribution is -2.16. The Morgan fingerprint density at radius 2 is 2.12 bits per heavy atom. The molecular formula is C18H19N3O4. The van der Waals surface area contributed by atoms with Gasteiger partial charge < -0.3 is 14.4 Å². The van der Waals surface area contributed by atoms with Crippen LogP contribution in [0.4, 0.5) is 0 Å². The van der Waals surface area contributed by atoms with Crippen LogP contribution in [0, 0.1) is 6.92 Å². The minimum atomic E-state index is -0.558. The van der Waals surface area contributed by atoms with Gasteiger partial charge >= 0.3 is 5.97 Å². The van der Waals surface area contributed by atoms with Crippen molar-refractivity contribution < 1.29 is 14.6 Å². The maximum absolute atomic E-state index is 12.8. The van der Waals surface area contributed by atoms with E-state index in [1.165, 1.54) is 11.8 Å². The molecule has 130 valence electrons. The number of nitrogens with zero attached hydrogens (tertiary/aromatic N) is 3. The highest BCUT2D eigenvalue weighted by Gasteiger charge is 2.24. The molecule has 2 aliphatic rings. The number of methoxy groups -OCH3 is 1. The maximum Gasteiger partial charge on any atom is 0.341 e. The lowest BCUT2D eigenvalue weighted by atomic mass is 10.1. The topological polar surface area (TPSA) is 86.4 Å². The highest BCUT2D eigenvalue weighted by molar-refractivity contribution is 5.96. The number of carbonyl (C=O) groups excluding carboxylic acids is 1. The molecule has 0 spiro atoms. The Kier molecular flexibility index (Phi) is 4.67. The van der Waals surface area contributed by atoms with Crippen LogP contribution in [0.2, 0.25) is 0 Å². The molecule has 1 aromatic carbocycles. The summed E-state index contributed by atoms with van der Waals surface area (Å²) in [5.41, 5.74) is 2.20. The Balaban J connectivity index is 2.22. The lowest BCUT2D eigenvalue weighted by molar-refractivity contribution is 0.0600. The molecule has 0 saturated heterocycles. The third-order valence-electron chi connectivity index (χ3n) is 3.95. The van der Waals surface area contributed by atoms with Crippen LogP contribution < -0.4 is 5.56 Å². The first-order chi connectivity index (χ1) is 12.0. The summed E-state index contributed by atoms with van der Waals surface area (Å²) >= 11 is 0. The Morgan fingerprint density at radius 1 is 1.32 bits per heavy atom. The second-order valence-electron chi connectivity index (χ2n) is 5.80. The molecule has 1 N–H and O–H groups in total. The number of aliphatic hydroxyl groups is 1. The monoisotopic (exact) mass is 341 g/mol. The first-order valence-corrected chi connectivity index (χ1v) is 7.94. The summed E-state index contributed by atoms with van der Waals surface area (Å²) in [4.78, 5) is 24.9. The van der Waals surface area contributed by atoms with Crippen LogP contribution in [-0.2, 0) is 11.3 Å². The molecule has 1 aromatic rings. The van der Waals surface area contributed by atoms with Crippen LogP contribution in [0.5, 0.6) is 0 Å². The van der Waals surface area contributed by atoms with Crippen molar-refractivity contribution in [3.63, 3.8) is 0 Å². The SMILES string of the molecule is COC(=O)c1cn(CCCO)cc2c(=O)n(-c3cccc(C)c3)nc1-2. The number of carbonyl (C=O) groups is 1. The fourth-order valence-corrected chi connectivity index (χ4v) is 2.74. The third-order valence-corrected chi connectivity index (χ3v) is 3.95. The molecular weight excluding hydrogens is 322 g/mol. The molecule has 2 heterocycles. The normalized spacial score (nSPS) is 11.0. The van der Waals surface area contributed by atoms with Crippen molar-refractivity contribution in [2.75, 3.05) is 13.7 Å². The number of fused-ring (bicyclic) bond motifs is 1. The highest BCUT2D eigenvalue weighted by Crippen LogP contribution is 2.23. The number of hydrogen-bond donors (Lipinski definition) is 1. The van der Waals surface area contributed by atoms with E-state index in [0.717, 1.165) is 5.56 Å². The number of aromatic nitrogens is 3. The molecule has 7 nitrogen and oxygen atoms in total. The Labute approximate surface area is 144 Å². The predicted octanol–water partition coefficient (Wildman–Crippen LogP) is 1.62. The van der Waals surface area contributed by atoms with Gasteiger partial charge in [0.15, 0.2) is 0 Å². The number of ether oxygens (including phenoxy) is 1. The zero-order chi connectivity index (χ0) is 18.0. The molecule has 0 aliphatic carbocycles. The average Bonchev–Trinajstić information content (AvgIpc) is 2.95. The molecule has 0 aromatic heterocycles. The van der Waals surface area contributed by atoms with Crippen molar-refractivity contribution >= 4 is 5.97 Å². The summed E-state index contributed by atoms with van der Waals surface area (Å²) in [6, 6.07) is 7.42. The standard InChI is InChI=1S/C18H19N3O4/c1-12-5-3-6-13(9-12)21-17(23)14-10-20(7-4-8-22)11-15(16(14)19-21)18(24)25-2/h3,5-6,9-11,22H,4,7-8H2,1-2H3. The van der Waals surface area contributed by atoms with Gasteiger partial charge in [-0.1, -0.05) is 12.1 Å². The quantitative estimate of drug-likeness (QED) is 0.713. The van der Waals surface area contributed by atoms with Gasteiger partial charge in [-0.2, -0.15) is 9.78 Å². The van der Waals surface area contributed by atoms with Crippen molar-refractivity contribution in [1.82, 2.24) is 14.3 Å². The second-order valence-corrected chi connectivity index (χ2v) is 5.80. The number of hydrogen-bond acceptors (Lipinski definition) is 5. The van der Waals surface area contributed by atoms with E-state index >= 15 is 0 Å². The summed E-state index contributed by atoms with van der Waals surface area (Å²) in [6.45, 7) is 2.43. The molecule has 3 rings (SSSR count). The van der Waals surface area contributed by atoms with Gasteiger partial charge in [-0.15, -0.1) is 0 Å². The van der Waals surface area contributed by atoms with E-state index in [0.29, 0.717) is 29.9 Å². The van der Waals surface area contributed by atoms with Crippen molar-refractivity contribution in [1.29, 1.82) is 0 Å². The van der Waals surface area contributed by atoms with Crippen LogP contribution in [-0.4, -0.2) is 39.1 Å². The Hall–Kier alpha value is -2.93. The van der Waals surface area contributed by atoms with Crippen LogP contribution in [0.3, 0.4) is 0 Å². The predicted molar refractivity (Wildman–Crippen MR) is 92.2 cm³/mol. The van der Waals surface area contributed by atoms with Crippen molar-refractivity contribution in [3.8, 4) is 16.9 Å². The summed E-state index contributed by atoms with van der Waals surface area (Å²) in [5.74, 6) is -0.558. The molecule has 0 bridgehead atoms. The van der Waals surface area contributed by atoms with Gasteiger partial charge in [0, 0.05) is 25.5 Å². The average molecular weight is 341 g/mol. The number of pyridine rings is 1. The van der Waals surface area contributed by atoms with Gasteiger partial charge in [0.05, 0.1) is 18.4 Å². The van der Waals surface area contributed by atoms with Crippen LogP contribution >= 0.6 is 0 Å². The summed E-state index contributed by atoms with van der Waals surface area (Å²) in [7, 11) is 1.29. The molecule has 0 fully saturated rings. The van der Waals surface area contributed by atoms with Crippen molar-refractivity contribution in [3.05, 3.63) is 58.1 Å². The fourth-order valence-electron chi connectivity index (χ4n) is 2.74. The largest absolute Gasteiger partial charge is 0.465 e. The van der Waals surface area contributed by atoms with E-state index in [4.69, 9.17) is 9.84 Å². The zero-order valence-electron chi connectivity index (χ0n) is 14.1. The fraction of sp³-hybridized carbons (Fsp3) is 0.278. The van der Waals surface area contributed by atoms with Gasteiger partial charge in [0.2, 0.25) is 0 Å². The van der Waals surface area contributed by atoms with E-state index in [9.17, 15) is 9.59 Å². The molecule has 0 unspecified atom stereocenters. The minimum absolute atomic E-state index is 0.0192. The first kappa shape index (κ1) is 16.9. The van der Waals surface area contributed by atoms with Gasteiger partial charge in [-0.25, -0.2) is 4.79 Å². The van der Waals surface area contributed by atoms with E-state index in [1.807, 2.05) is 25.1 Å². The Bertz CT molecular complexity index is 942. The van der Waals surface area contributed by atoms with Crippen LogP contribution in [0.1, 0.15) is 22.3 Å². The van der Waals surface area contributed by atoms with Gasteiger partial charge in [-0.05, 0) is 31.0 Å². The summed E-state index contributed by atoms with van der Waals surface area (Å²) < 4.78 is 7.82. The van der Waals surface area contributed by atoms with Crippen molar-refractivity contribution in [2.45, 2.75) is 19.9 Å². The summed E-state index contributed by atoms with van der Waals surface area (Å²) in [6.07, 6.45) is 3.76. The van der Waals surface area contributed by atoms with E-state index in [1.54, 1.807) is 23.0 Å². The van der Waals surface area contributed by atoms with Crippen molar-refractivity contribution in [2.24, 2.45) is 0 Å². The van der Waals surface area contributed by atoms with Gasteiger partial charge in [0.25, 0.3) is 5.56 Å². The molecule has 0 atom stereocenters. The van der Waals surface area contributed by atoms with E-state index < -0.39 is 5.97 Å². The van der Waals surface area contributed by atoms with Gasteiger partial charge in [-0.3, -0.25) is 4.79 Å². The maximum atomic E-state index is 12.8. The molecule has 0 radical (unpaired) electrons. The molecule has 0 saturated carbocycles. The number of rotatable bonds is 5. The van der Waals surface area contributed by atoms with E-state index in [-0.39, 0.29) is 17.7 Å². The zero-order valence-corrected chi connectivity index (χ0v) is 14.1. The lowest BCUT2D eigenvalue weighted by Gasteiger charge is -2.10. The molecule has 2 aliphatic heterocycles. The number of benzene rings is 1. The number of esters is 1. The van der Waals surface area contributed by atoms with Crippen LogP contribution in [0.25, 0.3) is 16.9 Å². The number of aliphatic hydroxyl groups excluding tert-OH is 1. The first-order valence-electron chi connectivity index (χ1n) is 7.94.